The highest BCUT2D eigenvalue weighted by Gasteiger charge is 2.36. The van der Waals surface area contributed by atoms with Crippen molar-refractivity contribution < 1.29 is 8.42 Å². The van der Waals surface area contributed by atoms with Crippen LogP contribution in [0.4, 0.5) is 0 Å². The van der Waals surface area contributed by atoms with Crippen LogP contribution in [-0.2, 0) is 16.6 Å². The van der Waals surface area contributed by atoms with Crippen LogP contribution in [0.25, 0.3) is 0 Å². The average Bonchev–Trinajstić information content (AvgIpc) is 2.75. The Hall–Kier alpha value is -0.620. The molecule has 6 heteroatoms. The number of alkyl halides is 1. The van der Waals surface area contributed by atoms with Crippen molar-refractivity contribution in [3.63, 3.8) is 0 Å². The van der Waals surface area contributed by atoms with Crippen LogP contribution in [0.2, 0.25) is 0 Å². The van der Waals surface area contributed by atoms with Gasteiger partial charge >= 0.3 is 0 Å². The Morgan fingerprint density at radius 3 is 2.62 bits per heavy atom. The highest BCUT2D eigenvalue weighted by molar-refractivity contribution is 7.87. The van der Waals surface area contributed by atoms with Gasteiger partial charge in [-0.1, -0.05) is 31.2 Å². The third-order valence-corrected chi connectivity index (χ3v) is 6.53. The highest BCUT2D eigenvalue weighted by atomic mass is 35.5. The first-order valence-corrected chi connectivity index (χ1v) is 9.34. The van der Waals surface area contributed by atoms with Crippen LogP contribution >= 0.6 is 11.6 Å². The van der Waals surface area contributed by atoms with Gasteiger partial charge in [-0.3, -0.25) is 0 Å². The van der Waals surface area contributed by atoms with Gasteiger partial charge < -0.3 is 0 Å². The molecule has 1 saturated heterocycles. The predicted octanol–water partition coefficient (Wildman–Crippen LogP) is 2.46. The zero-order valence-corrected chi connectivity index (χ0v) is 13.7. The van der Waals surface area contributed by atoms with Crippen molar-refractivity contribution >= 4 is 21.8 Å². The molecule has 2 unspecified atom stereocenters. The summed E-state index contributed by atoms with van der Waals surface area (Å²) in [7, 11) is -3.47. The molecule has 1 aromatic carbocycles. The SMILES string of the molecule is CC1CCN(S(=O)(=O)NC2c3ccccc3CC2Cl)CC1. The van der Waals surface area contributed by atoms with Gasteiger partial charge in [0.1, 0.15) is 0 Å². The van der Waals surface area contributed by atoms with Crippen LogP contribution in [0.3, 0.4) is 0 Å². The second kappa shape index (κ2) is 5.88. The van der Waals surface area contributed by atoms with E-state index in [9.17, 15) is 8.42 Å². The van der Waals surface area contributed by atoms with Gasteiger partial charge in [-0.25, -0.2) is 0 Å². The number of benzene rings is 1. The van der Waals surface area contributed by atoms with Gasteiger partial charge in [0, 0.05) is 13.1 Å². The molecule has 0 radical (unpaired) electrons. The minimum atomic E-state index is -3.47. The number of hydrogen-bond donors (Lipinski definition) is 1. The summed E-state index contributed by atoms with van der Waals surface area (Å²) >= 11 is 6.37. The first-order chi connectivity index (χ1) is 9.97. The van der Waals surface area contributed by atoms with E-state index in [1.807, 2.05) is 24.3 Å². The molecule has 0 amide bonds. The van der Waals surface area contributed by atoms with E-state index in [4.69, 9.17) is 11.6 Å². The Labute approximate surface area is 131 Å². The topological polar surface area (TPSA) is 49.4 Å². The number of rotatable bonds is 3. The fraction of sp³-hybridized carbons (Fsp3) is 0.600. The molecule has 1 fully saturated rings. The zero-order valence-electron chi connectivity index (χ0n) is 12.1. The third kappa shape index (κ3) is 3.11. The average molecular weight is 329 g/mol. The zero-order chi connectivity index (χ0) is 15.0. The van der Waals surface area contributed by atoms with E-state index >= 15 is 0 Å². The summed E-state index contributed by atoms with van der Waals surface area (Å²) in [5, 5.41) is -0.221. The molecule has 0 bridgehead atoms. The number of hydrogen-bond acceptors (Lipinski definition) is 2. The Balaban J connectivity index is 1.77. The van der Waals surface area contributed by atoms with Crippen molar-refractivity contribution in [1.29, 1.82) is 0 Å². The normalized spacial score (nSPS) is 27.7. The summed E-state index contributed by atoms with van der Waals surface area (Å²) in [6, 6.07) is 7.54. The monoisotopic (exact) mass is 328 g/mol. The Morgan fingerprint density at radius 1 is 1.24 bits per heavy atom. The van der Waals surface area contributed by atoms with E-state index in [1.54, 1.807) is 4.31 Å². The fourth-order valence-electron chi connectivity index (χ4n) is 3.14. The van der Waals surface area contributed by atoms with Crippen molar-refractivity contribution in [1.82, 2.24) is 9.03 Å². The quantitative estimate of drug-likeness (QED) is 0.866. The van der Waals surface area contributed by atoms with Crippen molar-refractivity contribution in [3.8, 4) is 0 Å². The molecule has 2 atom stereocenters. The van der Waals surface area contributed by atoms with E-state index in [0.29, 0.717) is 25.4 Å². The molecule has 21 heavy (non-hydrogen) atoms. The van der Waals surface area contributed by atoms with Gasteiger partial charge in [0.2, 0.25) is 0 Å². The van der Waals surface area contributed by atoms with Gasteiger partial charge in [0.05, 0.1) is 11.4 Å². The van der Waals surface area contributed by atoms with Gasteiger partial charge in [-0.05, 0) is 36.3 Å². The van der Waals surface area contributed by atoms with E-state index in [0.717, 1.165) is 24.0 Å². The maximum absolute atomic E-state index is 12.6. The van der Waals surface area contributed by atoms with E-state index in [-0.39, 0.29) is 11.4 Å². The molecule has 3 rings (SSSR count). The number of nitrogens with zero attached hydrogens (tertiary/aromatic N) is 1. The molecule has 0 spiro atoms. The van der Waals surface area contributed by atoms with Crippen LogP contribution in [-0.4, -0.2) is 31.2 Å². The molecule has 1 heterocycles. The van der Waals surface area contributed by atoms with Gasteiger partial charge in [0.15, 0.2) is 0 Å². The number of halogens is 1. The lowest BCUT2D eigenvalue weighted by atomic mass is 10.0. The third-order valence-electron chi connectivity index (χ3n) is 4.53. The van der Waals surface area contributed by atoms with Gasteiger partial charge in [0.25, 0.3) is 10.2 Å². The molecule has 0 aromatic heterocycles. The lowest BCUT2D eigenvalue weighted by Gasteiger charge is -2.31. The number of nitrogens with one attached hydrogen (secondary N) is 1. The maximum Gasteiger partial charge on any atom is 0.280 e. The van der Waals surface area contributed by atoms with Crippen LogP contribution in [0.15, 0.2) is 24.3 Å². The van der Waals surface area contributed by atoms with Crippen molar-refractivity contribution in [2.45, 2.75) is 37.6 Å². The fourth-order valence-corrected chi connectivity index (χ4v) is 5.04. The summed E-state index contributed by atoms with van der Waals surface area (Å²) in [5.41, 5.74) is 2.14. The van der Waals surface area contributed by atoms with E-state index < -0.39 is 10.2 Å². The van der Waals surface area contributed by atoms with E-state index in [2.05, 4.69) is 11.6 Å². The molecular formula is C15H21ClN2O2S. The number of piperidine rings is 1. The Morgan fingerprint density at radius 2 is 1.90 bits per heavy atom. The summed E-state index contributed by atoms with van der Waals surface area (Å²) in [6.45, 7) is 3.36. The van der Waals surface area contributed by atoms with Crippen molar-refractivity contribution in [3.05, 3.63) is 35.4 Å². The minimum absolute atomic E-state index is 0.221. The minimum Gasteiger partial charge on any atom is -0.195 e. The molecule has 1 aromatic rings. The smallest absolute Gasteiger partial charge is 0.195 e. The van der Waals surface area contributed by atoms with Crippen LogP contribution in [0.5, 0.6) is 0 Å². The van der Waals surface area contributed by atoms with Crippen LogP contribution < -0.4 is 4.72 Å². The molecule has 2 aliphatic rings. The first-order valence-electron chi connectivity index (χ1n) is 7.46. The molecule has 4 nitrogen and oxygen atoms in total. The Kier molecular flexibility index (Phi) is 4.28. The lowest BCUT2D eigenvalue weighted by molar-refractivity contribution is 0.283. The van der Waals surface area contributed by atoms with Crippen LogP contribution in [0.1, 0.15) is 36.9 Å². The molecule has 1 N–H and O–H groups in total. The summed E-state index contributed by atoms with van der Waals surface area (Å²) in [4.78, 5) is 0. The second-order valence-electron chi connectivity index (χ2n) is 6.10. The molecular weight excluding hydrogens is 308 g/mol. The Bertz CT molecular complexity index is 612. The van der Waals surface area contributed by atoms with Crippen molar-refractivity contribution in [2.75, 3.05) is 13.1 Å². The highest BCUT2D eigenvalue weighted by Crippen LogP contribution is 2.35. The van der Waals surface area contributed by atoms with Crippen LogP contribution in [0, 0.1) is 5.92 Å². The van der Waals surface area contributed by atoms with Gasteiger partial charge in [-0.15, -0.1) is 11.6 Å². The molecule has 1 aliphatic carbocycles. The molecule has 1 aliphatic heterocycles. The predicted molar refractivity (Wildman–Crippen MR) is 84.6 cm³/mol. The van der Waals surface area contributed by atoms with E-state index in [1.165, 1.54) is 0 Å². The summed E-state index contributed by atoms with van der Waals surface area (Å²) in [6.07, 6.45) is 2.56. The standard InChI is InChI=1S/C15H21ClN2O2S/c1-11-6-8-18(9-7-11)21(19,20)17-15-13-5-3-2-4-12(13)10-14(15)16/h2-5,11,14-15,17H,6-10H2,1H3. The second-order valence-corrected chi connectivity index (χ2v) is 8.36. The molecule has 116 valence electrons. The summed E-state index contributed by atoms with van der Waals surface area (Å²) in [5.74, 6) is 0.601. The largest absolute Gasteiger partial charge is 0.280 e. The first kappa shape index (κ1) is 15.3. The molecule has 0 saturated carbocycles. The number of fused-ring (bicyclic) bond motifs is 1. The summed E-state index contributed by atoms with van der Waals surface area (Å²) < 4.78 is 29.5. The van der Waals surface area contributed by atoms with Gasteiger partial charge in [-0.2, -0.15) is 17.4 Å². The lowest BCUT2D eigenvalue weighted by Crippen LogP contribution is -2.46. The maximum atomic E-state index is 12.6. The van der Waals surface area contributed by atoms with Crippen molar-refractivity contribution in [2.24, 2.45) is 5.92 Å².